The van der Waals surface area contributed by atoms with Crippen molar-refractivity contribution in [2.75, 3.05) is 13.1 Å². The lowest BCUT2D eigenvalue weighted by Crippen LogP contribution is -2.37. The lowest BCUT2D eigenvalue weighted by molar-refractivity contribution is -0.120. The number of halogens is 1. The van der Waals surface area contributed by atoms with E-state index in [1.807, 2.05) is 36.5 Å². The van der Waals surface area contributed by atoms with E-state index in [-0.39, 0.29) is 18.3 Å². The molecule has 0 radical (unpaired) electrons. The quantitative estimate of drug-likeness (QED) is 0.881. The Hall–Kier alpha value is -1.85. The van der Waals surface area contributed by atoms with Crippen molar-refractivity contribution in [3.63, 3.8) is 0 Å². The van der Waals surface area contributed by atoms with Crippen molar-refractivity contribution < 1.29 is 4.79 Å². The van der Waals surface area contributed by atoms with Crippen molar-refractivity contribution in [2.24, 2.45) is 0 Å². The Balaban J connectivity index is 0.00000176. The molecule has 0 spiro atoms. The van der Waals surface area contributed by atoms with Crippen LogP contribution in [0.5, 0.6) is 0 Å². The Bertz CT molecular complexity index is 577. The summed E-state index contributed by atoms with van der Waals surface area (Å²) in [6.07, 6.45) is 6.43. The van der Waals surface area contributed by atoms with Gasteiger partial charge in [0.2, 0.25) is 5.91 Å². The van der Waals surface area contributed by atoms with Crippen LogP contribution in [0.15, 0.2) is 42.7 Å². The van der Waals surface area contributed by atoms with Crippen LogP contribution in [0.1, 0.15) is 18.4 Å². The molecule has 1 unspecified atom stereocenters. The Kier molecular flexibility index (Phi) is 5.98. The lowest BCUT2D eigenvalue weighted by atomic mass is 10.1. The fourth-order valence-corrected chi connectivity index (χ4v) is 2.60. The summed E-state index contributed by atoms with van der Waals surface area (Å²) < 4.78 is 1.80. The first-order valence-electron chi connectivity index (χ1n) is 7.40. The molecule has 0 aliphatic carbocycles. The highest BCUT2D eigenvalue weighted by molar-refractivity contribution is 5.85. The third kappa shape index (κ3) is 4.32. The normalized spacial score (nSPS) is 17.0. The average Bonchev–Trinajstić information content (AvgIpc) is 3.19. The van der Waals surface area contributed by atoms with Gasteiger partial charge >= 0.3 is 0 Å². The van der Waals surface area contributed by atoms with Crippen LogP contribution in [0.25, 0.3) is 5.69 Å². The number of rotatable bonds is 5. The third-order valence-electron chi connectivity index (χ3n) is 3.78. The zero-order valence-electron chi connectivity index (χ0n) is 12.4. The van der Waals surface area contributed by atoms with Crippen LogP contribution < -0.4 is 10.6 Å². The van der Waals surface area contributed by atoms with Crippen molar-refractivity contribution in [2.45, 2.75) is 25.3 Å². The summed E-state index contributed by atoms with van der Waals surface area (Å²) >= 11 is 0. The predicted molar refractivity (Wildman–Crippen MR) is 88.6 cm³/mol. The minimum atomic E-state index is 0. The predicted octanol–water partition coefficient (Wildman–Crippen LogP) is 1.70. The van der Waals surface area contributed by atoms with Crippen LogP contribution in [0, 0.1) is 0 Å². The second-order valence-corrected chi connectivity index (χ2v) is 5.39. The van der Waals surface area contributed by atoms with E-state index in [0.717, 1.165) is 30.8 Å². The first-order chi connectivity index (χ1) is 10.3. The molecule has 1 saturated heterocycles. The molecule has 22 heavy (non-hydrogen) atoms. The van der Waals surface area contributed by atoms with Crippen LogP contribution >= 0.6 is 12.4 Å². The van der Waals surface area contributed by atoms with Crippen LogP contribution in [-0.2, 0) is 11.2 Å². The number of carbonyl (C=O) groups is 1. The number of hydrogen-bond acceptors (Lipinski definition) is 3. The third-order valence-corrected chi connectivity index (χ3v) is 3.78. The zero-order chi connectivity index (χ0) is 14.5. The van der Waals surface area contributed by atoms with Gasteiger partial charge in [0.25, 0.3) is 0 Å². The molecule has 3 rings (SSSR count). The van der Waals surface area contributed by atoms with Gasteiger partial charge < -0.3 is 10.6 Å². The second kappa shape index (κ2) is 7.96. The first kappa shape index (κ1) is 16.5. The highest BCUT2D eigenvalue weighted by atomic mass is 35.5. The van der Waals surface area contributed by atoms with Crippen LogP contribution in [0.3, 0.4) is 0 Å². The molecule has 2 heterocycles. The maximum absolute atomic E-state index is 11.9. The van der Waals surface area contributed by atoms with Gasteiger partial charge in [0.1, 0.15) is 0 Å². The first-order valence-corrected chi connectivity index (χ1v) is 7.40. The van der Waals surface area contributed by atoms with Gasteiger partial charge in [0.05, 0.1) is 12.1 Å². The molecule has 1 fully saturated rings. The van der Waals surface area contributed by atoms with Crippen molar-refractivity contribution in [1.29, 1.82) is 0 Å². The minimum Gasteiger partial charge on any atom is -0.354 e. The van der Waals surface area contributed by atoms with Gasteiger partial charge in [-0.2, -0.15) is 5.10 Å². The molecule has 2 aromatic rings. The summed E-state index contributed by atoms with van der Waals surface area (Å²) in [4.78, 5) is 11.9. The van der Waals surface area contributed by atoms with Gasteiger partial charge in [-0.1, -0.05) is 12.1 Å². The molecule has 1 aromatic heterocycles. The number of aromatic nitrogens is 2. The Morgan fingerprint density at radius 3 is 2.82 bits per heavy atom. The topological polar surface area (TPSA) is 59.0 Å². The van der Waals surface area contributed by atoms with E-state index in [1.54, 1.807) is 10.9 Å². The van der Waals surface area contributed by atoms with Crippen molar-refractivity contribution in [3.05, 3.63) is 48.3 Å². The SMILES string of the molecule is Cl.O=C(Cc1ccc(-n2cccn2)cc1)NCC1CCCN1. The zero-order valence-corrected chi connectivity index (χ0v) is 13.2. The van der Waals surface area contributed by atoms with E-state index >= 15 is 0 Å². The maximum atomic E-state index is 11.9. The standard InChI is InChI=1S/C16H20N4O.ClH/c21-16(18-12-14-3-1-8-17-14)11-13-4-6-15(7-5-13)20-10-2-9-19-20;/h2,4-7,9-10,14,17H,1,3,8,11-12H2,(H,18,21);1H. The fraction of sp³-hybridized carbons (Fsp3) is 0.375. The molecule has 1 aliphatic rings. The number of hydrogen-bond donors (Lipinski definition) is 2. The summed E-state index contributed by atoms with van der Waals surface area (Å²) in [7, 11) is 0. The van der Waals surface area contributed by atoms with E-state index in [2.05, 4.69) is 15.7 Å². The Morgan fingerprint density at radius 2 is 2.18 bits per heavy atom. The number of amides is 1. The molecule has 1 aromatic carbocycles. The Labute approximate surface area is 136 Å². The summed E-state index contributed by atoms with van der Waals surface area (Å²) in [5.41, 5.74) is 2.02. The number of nitrogens with zero attached hydrogens (tertiary/aromatic N) is 2. The van der Waals surface area contributed by atoms with E-state index < -0.39 is 0 Å². The summed E-state index contributed by atoms with van der Waals surface area (Å²) in [5.74, 6) is 0.0792. The van der Waals surface area contributed by atoms with Crippen LogP contribution in [0.2, 0.25) is 0 Å². The van der Waals surface area contributed by atoms with Gasteiger partial charge in [0, 0.05) is 25.0 Å². The number of benzene rings is 1. The van der Waals surface area contributed by atoms with E-state index in [0.29, 0.717) is 12.5 Å². The smallest absolute Gasteiger partial charge is 0.224 e. The monoisotopic (exact) mass is 320 g/mol. The second-order valence-electron chi connectivity index (χ2n) is 5.39. The maximum Gasteiger partial charge on any atom is 0.224 e. The molecule has 0 bridgehead atoms. The van der Waals surface area contributed by atoms with Gasteiger partial charge in [-0.15, -0.1) is 12.4 Å². The summed E-state index contributed by atoms with van der Waals surface area (Å²) in [6, 6.07) is 10.2. The molecule has 0 saturated carbocycles. The molecular weight excluding hydrogens is 300 g/mol. The highest BCUT2D eigenvalue weighted by Gasteiger charge is 2.14. The van der Waals surface area contributed by atoms with Crippen LogP contribution in [0.4, 0.5) is 0 Å². The van der Waals surface area contributed by atoms with Gasteiger partial charge in [-0.25, -0.2) is 4.68 Å². The van der Waals surface area contributed by atoms with Gasteiger partial charge in [0.15, 0.2) is 0 Å². The lowest BCUT2D eigenvalue weighted by Gasteiger charge is -2.11. The van der Waals surface area contributed by atoms with E-state index in [4.69, 9.17) is 0 Å². The largest absolute Gasteiger partial charge is 0.354 e. The van der Waals surface area contributed by atoms with Crippen molar-refractivity contribution in [3.8, 4) is 5.69 Å². The molecular formula is C16H21ClN4O. The molecule has 1 aliphatic heterocycles. The van der Waals surface area contributed by atoms with Crippen molar-refractivity contribution in [1.82, 2.24) is 20.4 Å². The molecule has 1 amide bonds. The number of nitrogens with one attached hydrogen (secondary N) is 2. The summed E-state index contributed by atoms with van der Waals surface area (Å²) in [6.45, 7) is 1.79. The molecule has 118 valence electrons. The Morgan fingerprint density at radius 1 is 1.36 bits per heavy atom. The van der Waals surface area contributed by atoms with E-state index in [9.17, 15) is 4.79 Å². The molecule has 5 nitrogen and oxygen atoms in total. The average molecular weight is 321 g/mol. The van der Waals surface area contributed by atoms with Crippen molar-refractivity contribution >= 4 is 18.3 Å². The van der Waals surface area contributed by atoms with E-state index in [1.165, 1.54) is 6.42 Å². The minimum absolute atomic E-state index is 0. The molecule has 1 atom stereocenters. The van der Waals surface area contributed by atoms with Gasteiger partial charge in [-0.05, 0) is 43.1 Å². The molecule has 2 N–H and O–H groups in total. The summed E-state index contributed by atoms with van der Waals surface area (Å²) in [5, 5.41) is 10.6. The highest BCUT2D eigenvalue weighted by Crippen LogP contribution is 2.09. The van der Waals surface area contributed by atoms with Gasteiger partial charge in [-0.3, -0.25) is 4.79 Å². The van der Waals surface area contributed by atoms with Crippen LogP contribution in [-0.4, -0.2) is 34.8 Å². The number of carbonyl (C=O) groups excluding carboxylic acids is 1. The molecule has 6 heteroatoms. The fourth-order valence-electron chi connectivity index (χ4n) is 2.60.